The molecule has 0 aliphatic carbocycles. The van der Waals surface area contributed by atoms with Gasteiger partial charge in [-0.05, 0) is 82.1 Å². The third kappa shape index (κ3) is 6.61. The van der Waals surface area contributed by atoms with Crippen molar-refractivity contribution < 1.29 is 14.6 Å². The van der Waals surface area contributed by atoms with E-state index in [0.717, 1.165) is 73.8 Å². The summed E-state index contributed by atoms with van der Waals surface area (Å²) in [5, 5.41) is 13.5. The molecule has 9 heteroatoms. The van der Waals surface area contributed by atoms with Gasteiger partial charge in [-0.3, -0.25) is 4.98 Å². The van der Waals surface area contributed by atoms with Crippen molar-refractivity contribution in [3.05, 3.63) is 58.5 Å². The molecule has 1 atom stereocenters. The zero-order valence-electron chi connectivity index (χ0n) is 26.9. The molecule has 0 radical (unpaired) electrons. The molecule has 0 unspecified atom stereocenters. The van der Waals surface area contributed by atoms with Gasteiger partial charge in [0.05, 0.1) is 11.3 Å². The average Bonchev–Trinajstić information content (AvgIpc) is 2.95. The van der Waals surface area contributed by atoms with Gasteiger partial charge in [-0.15, -0.1) is 0 Å². The lowest BCUT2D eigenvalue weighted by molar-refractivity contribution is -0.160. The number of carboxylic acids is 1. The fourth-order valence-corrected chi connectivity index (χ4v) is 6.30. The van der Waals surface area contributed by atoms with E-state index in [-0.39, 0.29) is 5.41 Å². The van der Waals surface area contributed by atoms with E-state index in [9.17, 15) is 9.90 Å². The zero-order valence-corrected chi connectivity index (χ0v) is 26.9. The van der Waals surface area contributed by atoms with E-state index in [2.05, 4.69) is 57.1 Å². The van der Waals surface area contributed by atoms with Crippen molar-refractivity contribution in [1.29, 1.82) is 0 Å². The summed E-state index contributed by atoms with van der Waals surface area (Å²) in [6.45, 7) is 17.6. The number of pyridine rings is 1. The summed E-state index contributed by atoms with van der Waals surface area (Å²) < 4.78 is 6.24. The van der Waals surface area contributed by atoms with Crippen LogP contribution in [0.5, 0.6) is 0 Å². The van der Waals surface area contributed by atoms with Gasteiger partial charge in [0.2, 0.25) is 5.95 Å². The number of aromatic nitrogens is 3. The molecular weight excluding hydrogens is 540 g/mol. The maximum Gasteiger partial charge on any atom is 0.337 e. The molecule has 2 aliphatic rings. The van der Waals surface area contributed by atoms with Crippen molar-refractivity contribution in [2.24, 2.45) is 5.41 Å². The SMILES string of the molecule is CNc1nccc(N2CCc3cc(-c4c(C)nc(C)c([C@H](OC(C)(C)C)C(=O)O)c4N4CCC(C)(C)CC4)ccc3C2)n1. The first-order valence-corrected chi connectivity index (χ1v) is 15.3. The normalized spacial score (nSPS) is 17.4. The van der Waals surface area contributed by atoms with Gasteiger partial charge in [-0.1, -0.05) is 32.0 Å². The Kier molecular flexibility index (Phi) is 8.40. The Morgan fingerprint density at radius 3 is 2.40 bits per heavy atom. The van der Waals surface area contributed by atoms with E-state index in [1.165, 1.54) is 11.1 Å². The number of carbonyl (C=O) groups is 1. The number of aliphatic carboxylic acids is 1. The number of benzene rings is 1. The lowest BCUT2D eigenvalue weighted by Gasteiger charge is -2.41. The molecule has 2 N–H and O–H groups in total. The van der Waals surface area contributed by atoms with E-state index in [1.807, 2.05) is 47.7 Å². The maximum atomic E-state index is 12.8. The number of ether oxygens (including phenoxy) is 1. The average molecular weight is 587 g/mol. The summed E-state index contributed by atoms with van der Waals surface area (Å²) in [7, 11) is 1.83. The monoisotopic (exact) mass is 586 g/mol. The summed E-state index contributed by atoms with van der Waals surface area (Å²) in [5.74, 6) is 0.525. The number of rotatable bonds is 7. The minimum absolute atomic E-state index is 0.247. The van der Waals surface area contributed by atoms with E-state index >= 15 is 0 Å². The Morgan fingerprint density at radius 1 is 1.02 bits per heavy atom. The van der Waals surface area contributed by atoms with Gasteiger partial charge in [0.1, 0.15) is 5.82 Å². The minimum Gasteiger partial charge on any atom is -0.479 e. The van der Waals surface area contributed by atoms with Crippen LogP contribution in [0.25, 0.3) is 11.1 Å². The third-order valence-electron chi connectivity index (χ3n) is 8.67. The molecule has 4 heterocycles. The van der Waals surface area contributed by atoms with Crippen molar-refractivity contribution >= 4 is 23.4 Å². The molecule has 0 saturated carbocycles. The second-order valence-corrected chi connectivity index (χ2v) is 13.7. The van der Waals surface area contributed by atoms with Crippen molar-refractivity contribution in [3.8, 4) is 11.1 Å². The van der Waals surface area contributed by atoms with E-state index in [1.54, 1.807) is 6.20 Å². The first-order valence-electron chi connectivity index (χ1n) is 15.3. The summed E-state index contributed by atoms with van der Waals surface area (Å²) >= 11 is 0. The van der Waals surface area contributed by atoms with Gasteiger partial charge in [0, 0.05) is 61.9 Å². The smallest absolute Gasteiger partial charge is 0.337 e. The molecule has 0 bridgehead atoms. The molecule has 0 spiro atoms. The summed E-state index contributed by atoms with van der Waals surface area (Å²) in [5.41, 5.74) is 7.46. The van der Waals surface area contributed by atoms with Crippen molar-refractivity contribution in [2.45, 2.75) is 86.0 Å². The van der Waals surface area contributed by atoms with Gasteiger partial charge in [0.25, 0.3) is 0 Å². The van der Waals surface area contributed by atoms with Gasteiger partial charge >= 0.3 is 5.97 Å². The van der Waals surface area contributed by atoms with Crippen molar-refractivity contribution in [2.75, 3.05) is 41.8 Å². The number of anilines is 3. The Morgan fingerprint density at radius 2 is 1.74 bits per heavy atom. The molecule has 43 heavy (non-hydrogen) atoms. The van der Waals surface area contributed by atoms with E-state index in [4.69, 9.17) is 9.72 Å². The Balaban J connectivity index is 1.60. The van der Waals surface area contributed by atoms with Crippen LogP contribution >= 0.6 is 0 Å². The Bertz CT molecular complexity index is 1500. The number of carboxylic acid groups (broad SMARTS) is 1. The van der Waals surface area contributed by atoms with Crippen molar-refractivity contribution in [3.63, 3.8) is 0 Å². The second kappa shape index (κ2) is 11.8. The highest BCUT2D eigenvalue weighted by atomic mass is 16.5. The van der Waals surface area contributed by atoms with Crippen LogP contribution in [0.4, 0.5) is 17.5 Å². The topological polar surface area (TPSA) is 104 Å². The number of piperidine rings is 1. The number of hydrogen-bond donors (Lipinski definition) is 2. The summed E-state index contributed by atoms with van der Waals surface area (Å²) in [6, 6.07) is 8.61. The van der Waals surface area contributed by atoms with Crippen LogP contribution in [-0.2, 0) is 22.5 Å². The number of nitrogens with zero attached hydrogens (tertiary/aromatic N) is 5. The molecule has 1 saturated heterocycles. The van der Waals surface area contributed by atoms with Crippen LogP contribution in [0.3, 0.4) is 0 Å². The number of fused-ring (bicyclic) bond motifs is 1. The van der Waals surface area contributed by atoms with Crippen LogP contribution in [0, 0.1) is 19.3 Å². The maximum absolute atomic E-state index is 12.8. The molecular formula is C34H46N6O3. The van der Waals surface area contributed by atoms with Crippen molar-refractivity contribution in [1.82, 2.24) is 15.0 Å². The van der Waals surface area contributed by atoms with Gasteiger partial charge in [-0.2, -0.15) is 4.98 Å². The predicted molar refractivity (Wildman–Crippen MR) is 172 cm³/mol. The fourth-order valence-electron chi connectivity index (χ4n) is 6.30. The largest absolute Gasteiger partial charge is 0.479 e. The molecule has 3 aromatic rings. The quantitative estimate of drug-likeness (QED) is 0.329. The predicted octanol–water partition coefficient (Wildman–Crippen LogP) is 6.33. The molecule has 5 rings (SSSR count). The van der Waals surface area contributed by atoms with Gasteiger partial charge in [-0.25, -0.2) is 9.78 Å². The van der Waals surface area contributed by atoms with Crippen LogP contribution in [0.1, 0.15) is 81.6 Å². The lowest BCUT2D eigenvalue weighted by Crippen LogP contribution is -2.39. The van der Waals surface area contributed by atoms with Gasteiger partial charge < -0.3 is 25.0 Å². The highest BCUT2D eigenvalue weighted by Gasteiger charge is 2.36. The first kappa shape index (κ1) is 30.7. The molecule has 1 aromatic carbocycles. The van der Waals surface area contributed by atoms with Crippen LogP contribution in [0.15, 0.2) is 30.5 Å². The summed E-state index contributed by atoms with van der Waals surface area (Å²) in [4.78, 5) is 31.3. The summed E-state index contributed by atoms with van der Waals surface area (Å²) in [6.07, 6.45) is 3.60. The highest BCUT2D eigenvalue weighted by molar-refractivity contribution is 5.88. The minimum atomic E-state index is -1.13. The lowest BCUT2D eigenvalue weighted by atomic mass is 9.81. The third-order valence-corrected chi connectivity index (χ3v) is 8.67. The number of aryl methyl sites for hydroxylation is 2. The van der Waals surface area contributed by atoms with E-state index in [0.29, 0.717) is 17.2 Å². The number of nitrogens with one attached hydrogen (secondary N) is 1. The molecule has 2 aromatic heterocycles. The van der Waals surface area contributed by atoms with Crippen LogP contribution in [-0.4, -0.2) is 58.3 Å². The van der Waals surface area contributed by atoms with Gasteiger partial charge in [0.15, 0.2) is 6.10 Å². The van der Waals surface area contributed by atoms with Crippen LogP contribution < -0.4 is 15.1 Å². The fraction of sp³-hybridized carbons (Fsp3) is 0.529. The standard InChI is InChI=1S/C34H46N6O3/c1-21-27(24-9-10-25-20-40(16-12-23(25)19-24)26-11-15-36-32(35-8)38-26)29(39-17-13-34(6,7)14-18-39)28(22(2)37-21)30(31(41)42)43-33(3,4)5/h9-11,15,19,30H,12-14,16-18,20H2,1-8H3,(H,41,42)(H,35,36,38)/t30-/m0/s1. The zero-order chi connectivity index (χ0) is 31.1. The molecule has 1 fully saturated rings. The van der Waals surface area contributed by atoms with E-state index < -0.39 is 17.7 Å². The number of hydrogen-bond acceptors (Lipinski definition) is 8. The molecule has 9 nitrogen and oxygen atoms in total. The van der Waals surface area contributed by atoms with Crippen LogP contribution in [0.2, 0.25) is 0 Å². The second-order valence-electron chi connectivity index (χ2n) is 13.7. The Labute approximate surface area is 255 Å². The molecule has 230 valence electrons. The molecule has 2 aliphatic heterocycles. The first-order chi connectivity index (χ1) is 20.3. The highest BCUT2D eigenvalue weighted by Crippen LogP contribution is 2.45. The molecule has 0 amide bonds. The Hall–Kier alpha value is -3.72.